The number of hydrogen-bond acceptors (Lipinski definition) is 5. The van der Waals surface area contributed by atoms with Crippen molar-refractivity contribution in [3.8, 4) is 0 Å². The van der Waals surface area contributed by atoms with Gasteiger partial charge in [0.05, 0.1) is 17.1 Å². The molecule has 0 spiro atoms. The Balaban J connectivity index is 1.34. The van der Waals surface area contributed by atoms with Gasteiger partial charge in [-0.05, 0) is 38.6 Å². The fourth-order valence-electron chi connectivity index (χ4n) is 3.75. The minimum Gasteiger partial charge on any atom is -0.351 e. The zero-order valence-electron chi connectivity index (χ0n) is 17.2. The highest BCUT2D eigenvalue weighted by atomic mass is 32.1. The van der Waals surface area contributed by atoms with Crippen LogP contribution in [-0.2, 0) is 6.54 Å². The van der Waals surface area contributed by atoms with Crippen LogP contribution in [0.3, 0.4) is 0 Å². The molecule has 1 aliphatic heterocycles. The number of carbonyl (C=O) groups excluding carboxylic acids is 1. The lowest BCUT2D eigenvalue weighted by Crippen LogP contribution is -2.45. The number of hydrogen-bond donors (Lipinski definition) is 1. The molecule has 6 nitrogen and oxygen atoms in total. The van der Waals surface area contributed by atoms with Gasteiger partial charge in [-0.25, -0.2) is 0 Å². The molecular formula is C22H29N5OS. The lowest BCUT2D eigenvalue weighted by atomic mass is 10.2. The van der Waals surface area contributed by atoms with Crippen LogP contribution in [0.2, 0.25) is 0 Å². The lowest BCUT2D eigenvalue weighted by molar-refractivity contribution is 0.0953. The number of fused-ring (bicyclic) bond motifs is 1. The standard InChI is InChI=1S/C22H29N5OS/c1-17-19-15-20(21(28)23-9-6-10-26-13-11-25(2)12-14-26)29-22(19)27(24-17)16-18-7-4-3-5-8-18/h3-5,7-8,15H,6,9-14,16H2,1-2H3,(H,23,28). The number of thiophene rings is 1. The molecule has 1 N–H and O–H groups in total. The van der Waals surface area contributed by atoms with Crippen LogP contribution >= 0.6 is 11.3 Å². The lowest BCUT2D eigenvalue weighted by Gasteiger charge is -2.32. The van der Waals surface area contributed by atoms with Crippen molar-refractivity contribution in [1.29, 1.82) is 0 Å². The second-order valence-corrected chi connectivity index (χ2v) is 8.84. The van der Waals surface area contributed by atoms with Crippen LogP contribution in [0.5, 0.6) is 0 Å². The number of carbonyl (C=O) groups is 1. The van der Waals surface area contributed by atoms with E-state index in [1.807, 2.05) is 35.9 Å². The molecule has 0 bridgehead atoms. The van der Waals surface area contributed by atoms with Crippen molar-refractivity contribution in [2.45, 2.75) is 19.9 Å². The third kappa shape index (κ3) is 4.86. The summed E-state index contributed by atoms with van der Waals surface area (Å²) in [5.74, 6) is 0.0234. The van der Waals surface area contributed by atoms with Crippen molar-refractivity contribution in [3.05, 3.63) is 52.5 Å². The summed E-state index contributed by atoms with van der Waals surface area (Å²) >= 11 is 1.53. The van der Waals surface area contributed by atoms with Crippen molar-refractivity contribution < 1.29 is 4.79 Å². The highest BCUT2D eigenvalue weighted by Gasteiger charge is 2.17. The number of piperazine rings is 1. The predicted molar refractivity (Wildman–Crippen MR) is 119 cm³/mol. The molecule has 3 heterocycles. The van der Waals surface area contributed by atoms with Crippen molar-refractivity contribution in [1.82, 2.24) is 24.9 Å². The van der Waals surface area contributed by atoms with E-state index in [-0.39, 0.29) is 5.91 Å². The molecule has 29 heavy (non-hydrogen) atoms. The first-order chi connectivity index (χ1) is 14.1. The largest absolute Gasteiger partial charge is 0.351 e. The third-order valence-electron chi connectivity index (χ3n) is 5.54. The maximum atomic E-state index is 12.6. The van der Waals surface area contributed by atoms with Crippen LogP contribution in [-0.4, -0.2) is 71.8 Å². The molecule has 0 aliphatic carbocycles. The zero-order valence-corrected chi connectivity index (χ0v) is 18.0. The van der Waals surface area contributed by atoms with Crippen LogP contribution in [0.25, 0.3) is 10.2 Å². The van der Waals surface area contributed by atoms with Gasteiger partial charge in [0, 0.05) is 38.1 Å². The Kier molecular flexibility index (Phi) is 6.28. The van der Waals surface area contributed by atoms with Crippen LogP contribution in [0, 0.1) is 6.92 Å². The van der Waals surface area contributed by atoms with Gasteiger partial charge in [-0.1, -0.05) is 30.3 Å². The molecule has 0 atom stereocenters. The van der Waals surface area contributed by atoms with Crippen LogP contribution in [0.1, 0.15) is 27.3 Å². The number of rotatable bonds is 7. The van der Waals surface area contributed by atoms with Gasteiger partial charge in [-0.2, -0.15) is 5.10 Å². The molecule has 7 heteroatoms. The second-order valence-electron chi connectivity index (χ2n) is 7.81. The Morgan fingerprint density at radius 2 is 1.93 bits per heavy atom. The Bertz CT molecular complexity index is 956. The molecule has 2 aromatic heterocycles. The maximum absolute atomic E-state index is 12.6. The quantitative estimate of drug-likeness (QED) is 0.608. The zero-order chi connectivity index (χ0) is 20.2. The summed E-state index contributed by atoms with van der Waals surface area (Å²) in [4.78, 5) is 19.3. The average molecular weight is 412 g/mol. The molecule has 1 saturated heterocycles. The molecule has 154 valence electrons. The van der Waals surface area contributed by atoms with E-state index in [2.05, 4.69) is 39.4 Å². The molecule has 0 unspecified atom stereocenters. The molecule has 1 amide bonds. The first kappa shape index (κ1) is 20.1. The van der Waals surface area contributed by atoms with E-state index in [1.165, 1.54) is 16.9 Å². The Morgan fingerprint density at radius 3 is 2.69 bits per heavy atom. The molecule has 3 aromatic rings. The number of nitrogens with one attached hydrogen (secondary N) is 1. The van der Waals surface area contributed by atoms with Crippen molar-refractivity contribution in [2.24, 2.45) is 0 Å². The SMILES string of the molecule is Cc1nn(Cc2ccccc2)c2sc(C(=O)NCCCN3CCN(C)CC3)cc12. The van der Waals surface area contributed by atoms with Crippen LogP contribution < -0.4 is 5.32 Å². The highest BCUT2D eigenvalue weighted by molar-refractivity contribution is 7.20. The first-order valence-corrected chi connectivity index (χ1v) is 11.1. The van der Waals surface area contributed by atoms with Gasteiger partial charge in [-0.15, -0.1) is 11.3 Å². The molecule has 4 rings (SSSR count). The van der Waals surface area contributed by atoms with Gasteiger partial charge >= 0.3 is 0 Å². The van der Waals surface area contributed by atoms with Gasteiger partial charge in [0.25, 0.3) is 5.91 Å². The predicted octanol–water partition coefficient (Wildman–Crippen LogP) is 2.82. The number of benzene rings is 1. The summed E-state index contributed by atoms with van der Waals surface area (Å²) < 4.78 is 2.01. The van der Waals surface area contributed by atoms with E-state index < -0.39 is 0 Å². The Morgan fingerprint density at radius 1 is 1.17 bits per heavy atom. The van der Waals surface area contributed by atoms with E-state index in [9.17, 15) is 4.79 Å². The molecule has 1 aromatic carbocycles. The fraction of sp³-hybridized carbons (Fsp3) is 0.455. The number of amides is 1. The highest BCUT2D eigenvalue weighted by Crippen LogP contribution is 2.28. The van der Waals surface area contributed by atoms with Gasteiger partial charge in [0.1, 0.15) is 4.83 Å². The smallest absolute Gasteiger partial charge is 0.261 e. The van der Waals surface area contributed by atoms with E-state index in [0.717, 1.165) is 66.5 Å². The number of aryl methyl sites for hydroxylation is 1. The minimum atomic E-state index is 0.0234. The number of aromatic nitrogens is 2. The summed E-state index contributed by atoms with van der Waals surface area (Å²) in [6, 6.07) is 12.3. The summed E-state index contributed by atoms with van der Waals surface area (Å²) in [6.45, 7) is 9.00. The van der Waals surface area contributed by atoms with E-state index >= 15 is 0 Å². The van der Waals surface area contributed by atoms with Crippen molar-refractivity contribution in [2.75, 3.05) is 46.3 Å². The van der Waals surface area contributed by atoms with Gasteiger partial charge in [0.15, 0.2) is 0 Å². The average Bonchev–Trinajstić information content (AvgIpc) is 3.29. The topological polar surface area (TPSA) is 53.4 Å². The van der Waals surface area contributed by atoms with Gasteiger partial charge in [0.2, 0.25) is 0 Å². The fourth-order valence-corrected chi connectivity index (χ4v) is 4.83. The van der Waals surface area contributed by atoms with E-state index in [0.29, 0.717) is 6.54 Å². The minimum absolute atomic E-state index is 0.0234. The van der Waals surface area contributed by atoms with E-state index in [4.69, 9.17) is 0 Å². The van der Waals surface area contributed by atoms with Crippen molar-refractivity contribution >= 4 is 27.5 Å². The van der Waals surface area contributed by atoms with Crippen molar-refractivity contribution in [3.63, 3.8) is 0 Å². The third-order valence-corrected chi connectivity index (χ3v) is 6.69. The Labute approximate surface area is 176 Å². The second kappa shape index (κ2) is 9.07. The molecule has 1 fully saturated rings. The Hall–Kier alpha value is -2.22. The van der Waals surface area contributed by atoms with Crippen LogP contribution in [0.15, 0.2) is 36.4 Å². The van der Waals surface area contributed by atoms with Gasteiger partial charge < -0.3 is 15.1 Å². The molecule has 0 saturated carbocycles. The first-order valence-electron chi connectivity index (χ1n) is 10.3. The summed E-state index contributed by atoms with van der Waals surface area (Å²) in [5.41, 5.74) is 2.18. The van der Waals surface area contributed by atoms with E-state index in [1.54, 1.807) is 0 Å². The monoisotopic (exact) mass is 411 g/mol. The summed E-state index contributed by atoms with van der Waals surface area (Å²) in [7, 11) is 2.17. The molecular weight excluding hydrogens is 382 g/mol. The van der Waals surface area contributed by atoms with Crippen LogP contribution in [0.4, 0.5) is 0 Å². The number of likely N-dealkylation sites (N-methyl/N-ethyl adjacent to an activating group) is 1. The van der Waals surface area contributed by atoms with Gasteiger partial charge in [-0.3, -0.25) is 9.48 Å². The normalized spacial score (nSPS) is 15.8. The summed E-state index contributed by atoms with van der Waals surface area (Å²) in [6.07, 6.45) is 0.987. The maximum Gasteiger partial charge on any atom is 0.261 e. The number of nitrogens with zero attached hydrogens (tertiary/aromatic N) is 4. The molecule has 0 radical (unpaired) electrons. The molecule has 1 aliphatic rings. The summed E-state index contributed by atoms with van der Waals surface area (Å²) in [5, 5.41) is 8.83.